The van der Waals surface area contributed by atoms with Crippen molar-refractivity contribution < 1.29 is 23.9 Å². The number of carboxylic acids is 1. The van der Waals surface area contributed by atoms with Crippen molar-refractivity contribution in [3.63, 3.8) is 0 Å². The number of aromatic nitrogens is 2. The molecule has 0 amide bonds. The van der Waals surface area contributed by atoms with Gasteiger partial charge in [-0.25, -0.2) is 9.78 Å². The van der Waals surface area contributed by atoms with E-state index in [4.69, 9.17) is 42.2 Å². The van der Waals surface area contributed by atoms with E-state index in [1.54, 1.807) is 12.1 Å². The molecule has 3 aliphatic rings. The number of thiazole rings is 1. The number of carbonyl (C=O) groups is 1. The molecule has 226 valence electrons. The number of hydrogen-bond donors (Lipinski definition) is 2. The van der Waals surface area contributed by atoms with E-state index in [1.165, 1.54) is 11.3 Å². The van der Waals surface area contributed by atoms with E-state index in [0.29, 0.717) is 63.0 Å². The van der Waals surface area contributed by atoms with Gasteiger partial charge in [0.2, 0.25) is 0 Å². The molecule has 7 rings (SSSR count). The first-order valence-corrected chi connectivity index (χ1v) is 16.5. The summed E-state index contributed by atoms with van der Waals surface area (Å²) >= 11 is 14.6. The summed E-state index contributed by atoms with van der Waals surface area (Å²) in [5.74, 6) is 1.72. The number of anilines is 1. The number of ether oxygens (including phenoxy) is 2. The van der Waals surface area contributed by atoms with Crippen LogP contribution >= 0.6 is 34.5 Å². The molecule has 8 nitrogen and oxygen atoms in total. The molecule has 4 aromatic rings. The smallest absolute Gasteiger partial charge is 0.335 e. The molecule has 3 saturated carbocycles. The van der Waals surface area contributed by atoms with E-state index in [1.807, 2.05) is 32.0 Å². The zero-order chi connectivity index (χ0) is 29.8. The molecule has 3 fully saturated rings. The number of hydrogen-bond acceptors (Lipinski definition) is 8. The minimum atomic E-state index is -0.979. The van der Waals surface area contributed by atoms with Gasteiger partial charge in [0, 0.05) is 23.1 Å². The molecule has 2 aromatic heterocycles. The maximum absolute atomic E-state index is 11.7. The minimum Gasteiger partial charge on any atom is -0.489 e. The average Bonchev–Trinajstić information content (AvgIpc) is 3.52. The van der Waals surface area contributed by atoms with Crippen molar-refractivity contribution in [2.75, 3.05) is 5.32 Å². The van der Waals surface area contributed by atoms with Gasteiger partial charge in [0.15, 0.2) is 5.13 Å². The van der Waals surface area contributed by atoms with Crippen LogP contribution in [0, 0.1) is 11.8 Å². The topological polar surface area (TPSA) is 107 Å². The van der Waals surface area contributed by atoms with Crippen LogP contribution in [0.3, 0.4) is 0 Å². The maximum atomic E-state index is 11.7. The highest BCUT2D eigenvalue weighted by Gasteiger charge is 2.44. The SMILES string of the molecule is CC(C)Oc1cc(C(=O)O)cc2sc(NC3C4CCC3CC(OCc3c(-c5c(Cl)cccc5Cl)noc3C3CC3)C4)nc12. The Balaban J connectivity index is 1.06. The summed E-state index contributed by atoms with van der Waals surface area (Å²) in [4.78, 5) is 16.6. The molecule has 0 radical (unpaired) electrons. The molecule has 2 heterocycles. The molecule has 43 heavy (non-hydrogen) atoms. The van der Waals surface area contributed by atoms with Crippen LogP contribution in [0.5, 0.6) is 5.75 Å². The first kappa shape index (κ1) is 28.9. The zero-order valence-electron chi connectivity index (χ0n) is 23.9. The van der Waals surface area contributed by atoms with Crippen LogP contribution in [0.25, 0.3) is 21.5 Å². The van der Waals surface area contributed by atoms with Gasteiger partial charge in [-0.2, -0.15) is 0 Å². The molecular weight excluding hydrogens is 609 g/mol. The first-order chi connectivity index (χ1) is 20.7. The van der Waals surface area contributed by atoms with Crippen molar-refractivity contribution in [3.05, 3.63) is 57.3 Å². The summed E-state index contributed by atoms with van der Waals surface area (Å²) in [6.07, 6.45) is 6.41. The lowest BCUT2D eigenvalue weighted by Gasteiger charge is -2.35. The second kappa shape index (κ2) is 11.6. The van der Waals surface area contributed by atoms with Gasteiger partial charge in [-0.15, -0.1) is 0 Å². The summed E-state index contributed by atoms with van der Waals surface area (Å²) in [5.41, 5.74) is 3.23. The van der Waals surface area contributed by atoms with Crippen molar-refractivity contribution in [3.8, 4) is 17.0 Å². The second-order valence-electron chi connectivity index (χ2n) is 12.2. The van der Waals surface area contributed by atoms with Crippen LogP contribution in [0.15, 0.2) is 34.9 Å². The molecule has 11 heteroatoms. The lowest BCUT2D eigenvalue weighted by Crippen LogP contribution is -2.39. The van der Waals surface area contributed by atoms with E-state index in [-0.39, 0.29) is 17.8 Å². The maximum Gasteiger partial charge on any atom is 0.335 e. The van der Waals surface area contributed by atoms with E-state index < -0.39 is 5.97 Å². The Labute approximate surface area is 263 Å². The average molecular weight is 643 g/mol. The quantitative estimate of drug-likeness (QED) is 0.177. The molecule has 2 N–H and O–H groups in total. The summed E-state index contributed by atoms with van der Waals surface area (Å²) in [6, 6.07) is 9.00. The zero-order valence-corrected chi connectivity index (χ0v) is 26.3. The van der Waals surface area contributed by atoms with Crippen LogP contribution in [0.2, 0.25) is 10.0 Å². The Hall–Kier alpha value is -2.85. The van der Waals surface area contributed by atoms with E-state index in [2.05, 4.69) is 10.5 Å². The van der Waals surface area contributed by atoms with Gasteiger partial charge in [-0.3, -0.25) is 0 Å². The summed E-state index contributed by atoms with van der Waals surface area (Å²) in [7, 11) is 0. The van der Waals surface area contributed by atoms with Gasteiger partial charge in [-0.05, 0) is 88.5 Å². The Morgan fingerprint density at radius 2 is 1.86 bits per heavy atom. The van der Waals surface area contributed by atoms with Gasteiger partial charge in [0.1, 0.15) is 22.7 Å². The molecule has 0 aliphatic heterocycles. The molecule has 2 atom stereocenters. The number of nitrogens with one attached hydrogen (secondary N) is 1. The van der Waals surface area contributed by atoms with E-state index in [0.717, 1.165) is 59.7 Å². The van der Waals surface area contributed by atoms with Crippen molar-refractivity contribution in [2.45, 2.75) is 83.1 Å². The molecule has 2 aromatic carbocycles. The number of benzene rings is 2. The third-order valence-corrected chi connectivity index (χ3v) is 10.4. The van der Waals surface area contributed by atoms with Crippen LogP contribution in [-0.2, 0) is 11.3 Å². The van der Waals surface area contributed by atoms with Crippen LogP contribution in [0.4, 0.5) is 5.13 Å². The number of rotatable bonds is 10. The highest BCUT2D eigenvalue weighted by molar-refractivity contribution is 7.22. The number of carboxylic acid groups (broad SMARTS) is 1. The molecule has 0 spiro atoms. The minimum absolute atomic E-state index is 0.0904. The summed E-state index contributed by atoms with van der Waals surface area (Å²) < 4.78 is 19.2. The Morgan fingerprint density at radius 3 is 2.51 bits per heavy atom. The standard InChI is InChI=1S/C32H33Cl2N3O5S/c1-15(2)41-24-12-19(31(38)39)13-25-29(24)36-32(43-25)35-27-17-8-9-18(27)11-20(10-17)40-14-21-28(37-42-30(21)16-6-7-16)26-22(33)4-3-5-23(26)34/h3-5,12-13,15-18,20,27H,6-11,14H2,1-2H3,(H,35,36)(H,38,39). The third kappa shape index (κ3) is 5.72. The lowest BCUT2D eigenvalue weighted by molar-refractivity contribution is -0.00447. The fraction of sp³-hybridized carbons (Fsp3) is 0.469. The Kier molecular flexibility index (Phi) is 7.78. The van der Waals surface area contributed by atoms with Crippen LogP contribution < -0.4 is 10.1 Å². The van der Waals surface area contributed by atoms with Crippen molar-refractivity contribution in [1.29, 1.82) is 0 Å². The largest absolute Gasteiger partial charge is 0.489 e. The Morgan fingerprint density at radius 1 is 1.14 bits per heavy atom. The van der Waals surface area contributed by atoms with E-state index >= 15 is 0 Å². The van der Waals surface area contributed by atoms with Gasteiger partial charge < -0.3 is 24.4 Å². The highest BCUT2D eigenvalue weighted by Crippen LogP contribution is 2.48. The highest BCUT2D eigenvalue weighted by atomic mass is 35.5. The van der Waals surface area contributed by atoms with Crippen LogP contribution in [0.1, 0.15) is 80.0 Å². The Bertz CT molecular complexity index is 1650. The number of aromatic carboxylic acids is 1. The van der Waals surface area contributed by atoms with Gasteiger partial charge in [-0.1, -0.05) is 45.8 Å². The predicted octanol–water partition coefficient (Wildman–Crippen LogP) is 8.81. The molecule has 3 aliphatic carbocycles. The van der Waals surface area contributed by atoms with Crippen molar-refractivity contribution >= 4 is 55.9 Å². The molecule has 2 unspecified atom stereocenters. The number of halogens is 2. The second-order valence-corrected chi connectivity index (χ2v) is 14.1. The summed E-state index contributed by atoms with van der Waals surface area (Å²) in [5, 5.41) is 19.6. The first-order valence-electron chi connectivity index (χ1n) is 14.9. The number of nitrogens with zero attached hydrogens (tertiary/aromatic N) is 2. The summed E-state index contributed by atoms with van der Waals surface area (Å²) in [6.45, 7) is 4.26. The van der Waals surface area contributed by atoms with Gasteiger partial charge in [0.25, 0.3) is 0 Å². The predicted molar refractivity (Wildman–Crippen MR) is 168 cm³/mol. The fourth-order valence-electron chi connectivity index (χ4n) is 6.76. The monoisotopic (exact) mass is 641 g/mol. The molecule has 0 saturated heterocycles. The van der Waals surface area contributed by atoms with Gasteiger partial charge in [0.05, 0.1) is 39.1 Å². The third-order valence-electron chi connectivity index (χ3n) is 8.84. The van der Waals surface area contributed by atoms with Crippen molar-refractivity contribution in [1.82, 2.24) is 10.1 Å². The van der Waals surface area contributed by atoms with Gasteiger partial charge >= 0.3 is 5.97 Å². The van der Waals surface area contributed by atoms with E-state index in [9.17, 15) is 9.90 Å². The lowest BCUT2D eigenvalue weighted by atomic mass is 9.82. The molecular formula is C32H33Cl2N3O5S. The molecule has 2 bridgehead atoms. The van der Waals surface area contributed by atoms with Crippen LogP contribution in [-0.4, -0.2) is 39.5 Å². The van der Waals surface area contributed by atoms with Crippen molar-refractivity contribution in [2.24, 2.45) is 11.8 Å². The number of fused-ring (bicyclic) bond motifs is 3. The fourth-order valence-corrected chi connectivity index (χ4v) is 8.31. The normalized spacial score (nSPS) is 23.3.